The number of anilines is 2. The summed E-state index contributed by atoms with van der Waals surface area (Å²) in [7, 11) is 0. The molecule has 5 nitrogen and oxygen atoms in total. The number of nitrogens with one attached hydrogen (secondary N) is 2. The van der Waals surface area contributed by atoms with Gasteiger partial charge in [0.05, 0.1) is 5.69 Å². The van der Waals surface area contributed by atoms with Crippen LogP contribution in [0.4, 0.5) is 11.5 Å². The molecule has 0 radical (unpaired) electrons. The molecule has 1 heterocycles. The normalized spacial score (nSPS) is 11.6. The highest BCUT2D eigenvalue weighted by atomic mass is 16.1. The molecule has 5 heteroatoms. The van der Waals surface area contributed by atoms with Gasteiger partial charge in [0.15, 0.2) is 0 Å². The van der Waals surface area contributed by atoms with Crippen molar-refractivity contribution in [3.05, 3.63) is 108 Å². The zero-order valence-electron chi connectivity index (χ0n) is 19.0. The van der Waals surface area contributed by atoms with Crippen LogP contribution in [0.5, 0.6) is 0 Å². The first-order valence-corrected chi connectivity index (χ1v) is 11.2. The Morgan fingerprint density at radius 3 is 2.48 bits per heavy atom. The van der Waals surface area contributed by atoms with Crippen LogP contribution in [0, 0.1) is 6.92 Å². The van der Waals surface area contributed by atoms with Crippen LogP contribution in [0.2, 0.25) is 0 Å². The number of carbonyl (C=O) groups excluding carboxylic acids is 1. The highest BCUT2D eigenvalue weighted by Gasteiger charge is 2.11. The van der Waals surface area contributed by atoms with Crippen molar-refractivity contribution in [1.82, 2.24) is 15.3 Å². The molecule has 3 aromatic carbocycles. The number of hydrogen-bond donors (Lipinski definition) is 2. The molecule has 0 bridgehead atoms. The van der Waals surface area contributed by atoms with Crippen molar-refractivity contribution in [2.45, 2.75) is 32.7 Å². The van der Waals surface area contributed by atoms with Crippen LogP contribution >= 0.6 is 0 Å². The van der Waals surface area contributed by atoms with Gasteiger partial charge in [-0.15, -0.1) is 0 Å². The maximum Gasteiger partial charge on any atom is 0.251 e. The van der Waals surface area contributed by atoms with Crippen LogP contribution in [0.3, 0.4) is 0 Å². The van der Waals surface area contributed by atoms with E-state index in [1.807, 2.05) is 67.6 Å². The molecule has 2 N–H and O–H groups in total. The summed E-state index contributed by atoms with van der Waals surface area (Å²) in [5.41, 5.74) is 5.76. The molecule has 4 rings (SSSR count). The van der Waals surface area contributed by atoms with Crippen LogP contribution in [-0.4, -0.2) is 21.9 Å². The van der Waals surface area contributed by atoms with Crippen molar-refractivity contribution in [3.8, 4) is 11.3 Å². The van der Waals surface area contributed by atoms with Gasteiger partial charge in [-0.2, -0.15) is 0 Å². The minimum Gasteiger partial charge on any atom is -0.350 e. The summed E-state index contributed by atoms with van der Waals surface area (Å²) in [5, 5.41) is 6.39. The summed E-state index contributed by atoms with van der Waals surface area (Å²) >= 11 is 0. The monoisotopic (exact) mass is 436 g/mol. The Morgan fingerprint density at radius 1 is 0.909 bits per heavy atom. The lowest BCUT2D eigenvalue weighted by Gasteiger charge is -2.15. The van der Waals surface area contributed by atoms with Gasteiger partial charge >= 0.3 is 0 Å². The van der Waals surface area contributed by atoms with Crippen molar-refractivity contribution in [1.29, 1.82) is 0 Å². The van der Waals surface area contributed by atoms with Gasteiger partial charge in [-0.1, -0.05) is 66.2 Å². The Hall–Kier alpha value is -3.99. The number of aromatic nitrogens is 2. The van der Waals surface area contributed by atoms with E-state index in [0.29, 0.717) is 11.4 Å². The lowest BCUT2D eigenvalue weighted by atomic mass is 10.1. The molecule has 166 valence electrons. The number of rotatable bonds is 8. The van der Waals surface area contributed by atoms with Gasteiger partial charge in [0.1, 0.15) is 12.1 Å². The second kappa shape index (κ2) is 10.6. The van der Waals surface area contributed by atoms with Crippen LogP contribution in [0.15, 0.2) is 91.3 Å². The molecule has 33 heavy (non-hydrogen) atoms. The van der Waals surface area contributed by atoms with E-state index in [4.69, 9.17) is 0 Å². The first-order valence-electron chi connectivity index (χ1n) is 11.2. The average molecular weight is 437 g/mol. The van der Waals surface area contributed by atoms with E-state index < -0.39 is 0 Å². The van der Waals surface area contributed by atoms with Gasteiger partial charge in [-0.25, -0.2) is 9.97 Å². The third-order valence-electron chi connectivity index (χ3n) is 5.50. The average Bonchev–Trinajstić information content (AvgIpc) is 2.84. The van der Waals surface area contributed by atoms with Crippen molar-refractivity contribution >= 4 is 17.4 Å². The summed E-state index contributed by atoms with van der Waals surface area (Å²) in [6.07, 6.45) is 3.36. The number of aryl methyl sites for hydroxylation is 2. The van der Waals surface area contributed by atoms with Crippen molar-refractivity contribution in [3.63, 3.8) is 0 Å². The lowest BCUT2D eigenvalue weighted by molar-refractivity contribution is 0.0938. The molecule has 0 unspecified atom stereocenters. The Kier molecular flexibility index (Phi) is 7.10. The molecule has 0 aliphatic rings. The molecule has 0 aliphatic heterocycles. The molecular formula is C28H28N4O. The first-order chi connectivity index (χ1) is 16.1. The number of nitrogens with zero attached hydrogens (tertiary/aromatic N) is 2. The zero-order chi connectivity index (χ0) is 23.0. The number of carbonyl (C=O) groups is 1. The van der Waals surface area contributed by atoms with E-state index in [-0.39, 0.29) is 11.9 Å². The van der Waals surface area contributed by atoms with Gasteiger partial charge in [-0.05, 0) is 50.5 Å². The summed E-state index contributed by atoms with van der Waals surface area (Å²) in [5.74, 6) is 0.594. The standard InChI is InChI=1S/C28H28N4O/c1-20-11-15-23(16-12-20)26-18-27(30-19-29-26)32-25-10-6-9-24(17-25)28(33)31-21(2)13-14-22-7-4-3-5-8-22/h3-12,15-19,21H,13-14H2,1-2H3,(H,31,33)(H,29,30,32)/t21-/m0/s1. The fraction of sp³-hybridized carbons (Fsp3) is 0.179. The van der Waals surface area contributed by atoms with E-state index in [1.54, 1.807) is 6.33 Å². The van der Waals surface area contributed by atoms with E-state index in [2.05, 4.69) is 51.8 Å². The third kappa shape index (κ3) is 6.26. The topological polar surface area (TPSA) is 66.9 Å². The largest absolute Gasteiger partial charge is 0.350 e. The highest BCUT2D eigenvalue weighted by molar-refractivity contribution is 5.95. The first kappa shape index (κ1) is 22.2. The molecule has 0 spiro atoms. The fourth-order valence-corrected chi connectivity index (χ4v) is 3.60. The smallest absolute Gasteiger partial charge is 0.251 e. The van der Waals surface area contributed by atoms with E-state index in [0.717, 1.165) is 29.8 Å². The number of amides is 1. The summed E-state index contributed by atoms with van der Waals surface area (Å²) in [4.78, 5) is 21.5. The molecule has 1 amide bonds. The highest BCUT2D eigenvalue weighted by Crippen LogP contribution is 2.22. The third-order valence-corrected chi connectivity index (χ3v) is 5.50. The van der Waals surface area contributed by atoms with Gasteiger partial charge < -0.3 is 10.6 Å². The van der Waals surface area contributed by atoms with Crippen LogP contribution in [-0.2, 0) is 6.42 Å². The van der Waals surface area contributed by atoms with Crippen molar-refractivity contribution in [2.75, 3.05) is 5.32 Å². The maximum atomic E-state index is 12.8. The molecule has 4 aromatic rings. The molecule has 0 saturated carbocycles. The molecule has 1 atom stereocenters. The maximum absolute atomic E-state index is 12.8. The van der Waals surface area contributed by atoms with Crippen molar-refractivity contribution < 1.29 is 4.79 Å². The Balaban J connectivity index is 1.39. The van der Waals surface area contributed by atoms with Gasteiger partial charge in [-0.3, -0.25) is 4.79 Å². The van der Waals surface area contributed by atoms with Crippen LogP contribution < -0.4 is 10.6 Å². The summed E-state index contributed by atoms with van der Waals surface area (Å²) in [6.45, 7) is 4.10. The number of hydrogen-bond acceptors (Lipinski definition) is 4. The molecule has 0 aliphatic carbocycles. The predicted molar refractivity (Wildman–Crippen MR) is 134 cm³/mol. The Bertz CT molecular complexity index is 1210. The predicted octanol–water partition coefficient (Wildman–Crippen LogP) is 5.95. The minimum absolute atomic E-state index is 0.0771. The summed E-state index contributed by atoms with van der Waals surface area (Å²) < 4.78 is 0. The zero-order valence-corrected chi connectivity index (χ0v) is 19.0. The van der Waals surface area contributed by atoms with E-state index in [9.17, 15) is 4.79 Å². The van der Waals surface area contributed by atoms with Gasteiger partial charge in [0.2, 0.25) is 0 Å². The molecule has 0 saturated heterocycles. The lowest BCUT2D eigenvalue weighted by Crippen LogP contribution is -2.32. The Labute approximate surface area is 194 Å². The van der Waals surface area contributed by atoms with Gasteiger partial charge in [0.25, 0.3) is 5.91 Å². The molecular weight excluding hydrogens is 408 g/mol. The second-order valence-corrected chi connectivity index (χ2v) is 8.26. The quantitative estimate of drug-likeness (QED) is 0.358. The number of benzene rings is 3. The van der Waals surface area contributed by atoms with E-state index >= 15 is 0 Å². The molecule has 0 fully saturated rings. The van der Waals surface area contributed by atoms with E-state index in [1.165, 1.54) is 11.1 Å². The van der Waals surface area contributed by atoms with Crippen LogP contribution in [0.25, 0.3) is 11.3 Å². The SMILES string of the molecule is Cc1ccc(-c2cc(Nc3cccc(C(=O)N[C@@H](C)CCc4ccccc4)c3)ncn2)cc1. The summed E-state index contributed by atoms with van der Waals surface area (Å²) in [6, 6.07) is 28.0. The van der Waals surface area contributed by atoms with Crippen molar-refractivity contribution in [2.24, 2.45) is 0 Å². The Morgan fingerprint density at radius 2 is 1.70 bits per heavy atom. The van der Waals surface area contributed by atoms with Gasteiger partial charge in [0, 0.05) is 28.9 Å². The molecule has 1 aromatic heterocycles. The second-order valence-electron chi connectivity index (χ2n) is 8.26. The fourth-order valence-electron chi connectivity index (χ4n) is 3.60. The minimum atomic E-state index is -0.0813. The van der Waals surface area contributed by atoms with Crippen LogP contribution in [0.1, 0.15) is 34.8 Å².